The third-order valence-electron chi connectivity index (χ3n) is 1.81. The maximum absolute atomic E-state index is 5.28. The summed E-state index contributed by atoms with van der Waals surface area (Å²) in [6.07, 6.45) is 0. The number of methoxy groups -OCH3 is 1. The molecular weight excluding hydrogens is 222 g/mol. The molecule has 17 heavy (non-hydrogen) atoms. The van der Waals surface area contributed by atoms with E-state index < -0.39 is 0 Å². The average Bonchev–Trinajstić information content (AvgIpc) is 2.28. The van der Waals surface area contributed by atoms with Crippen molar-refractivity contribution in [2.45, 2.75) is 26.8 Å². The van der Waals surface area contributed by atoms with Gasteiger partial charge in [0.2, 0.25) is 5.95 Å². The van der Waals surface area contributed by atoms with Crippen molar-refractivity contribution in [3.8, 4) is 6.01 Å². The van der Waals surface area contributed by atoms with Gasteiger partial charge in [-0.15, -0.1) is 0 Å². The second kappa shape index (κ2) is 6.19. The first kappa shape index (κ1) is 13.4. The third kappa shape index (κ3) is 4.03. The fourth-order valence-electron chi connectivity index (χ4n) is 1.15. The molecule has 0 aliphatic carbocycles. The van der Waals surface area contributed by atoms with Gasteiger partial charge in [-0.25, -0.2) is 5.06 Å². The molecule has 7 nitrogen and oxygen atoms in total. The molecule has 0 aliphatic heterocycles. The number of hydrogen-bond acceptors (Lipinski definition) is 7. The minimum atomic E-state index is 0.229. The van der Waals surface area contributed by atoms with Crippen LogP contribution in [0.5, 0.6) is 6.01 Å². The first-order valence-corrected chi connectivity index (χ1v) is 5.50. The Morgan fingerprint density at radius 2 is 2.00 bits per heavy atom. The molecule has 7 heteroatoms. The van der Waals surface area contributed by atoms with Gasteiger partial charge in [0.1, 0.15) is 0 Å². The van der Waals surface area contributed by atoms with Crippen LogP contribution in [0.25, 0.3) is 0 Å². The van der Waals surface area contributed by atoms with E-state index in [0.29, 0.717) is 18.5 Å². The van der Waals surface area contributed by atoms with Gasteiger partial charge < -0.3 is 10.1 Å². The number of hydrogen-bond donors (Lipinski definition) is 1. The zero-order chi connectivity index (χ0) is 12.8. The lowest BCUT2D eigenvalue weighted by molar-refractivity contribution is 0.130. The molecule has 0 saturated heterocycles. The molecule has 0 radical (unpaired) electrons. The molecule has 96 valence electrons. The van der Waals surface area contributed by atoms with Crippen molar-refractivity contribution in [1.29, 1.82) is 0 Å². The smallest absolute Gasteiger partial charge is 0.322 e. The Hall–Kier alpha value is -1.63. The summed E-state index contributed by atoms with van der Waals surface area (Å²) in [7, 11) is 3.25. The minimum absolute atomic E-state index is 0.229. The number of ether oxygens (including phenoxy) is 1. The van der Waals surface area contributed by atoms with Crippen LogP contribution in [0.2, 0.25) is 0 Å². The SMILES string of the molecule is CCON(C)c1nc(NC(C)C)nc(OC)n1. The molecule has 0 fully saturated rings. The van der Waals surface area contributed by atoms with Gasteiger partial charge in [-0.2, -0.15) is 15.0 Å². The molecule has 0 aromatic carbocycles. The van der Waals surface area contributed by atoms with E-state index in [-0.39, 0.29) is 12.1 Å². The van der Waals surface area contributed by atoms with Gasteiger partial charge in [0.15, 0.2) is 0 Å². The molecule has 0 amide bonds. The number of rotatable bonds is 6. The zero-order valence-corrected chi connectivity index (χ0v) is 10.9. The second-order valence-electron chi connectivity index (χ2n) is 3.66. The molecule has 1 aromatic rings. The lowest BCUT2D eigenvalue weighted by Crippen LogP contribution is -2.22. The number of aromatic nitrogens is 3. The standard InChI is InChI=1S/C10H19N5O2/c1-6-17-15(4)9-12-8(11-7(2)3)13-10(14-9)16-5/h7H,6H2,1-5H3,(H,11,12,13,14). The Labute approximate surface area is 101 Å². The predicted octanol–water partition coefficient (Wildman–Crippen LogP) is 1.09. The van der Waals surface area contributed by atoms with Crippen LogP contribution in [0.3, 0.4) is 0 Å². The Morgan fingerprint density at radius 3 is 2.53 bits per heavy atom. The Kier molecular flexibility index (Phi) is 4.89. The van der Waals surface area contributed by atoms with E-state index in [4.69, 9.17) is 9.57 Å². The van der Waals surface area contributed by atoms with Gasteiger partial charge >= 0.3 is 6.01 Å². The maximum Gasteiger partial charge on any atom is 0.322 e. The van der Waals surface area contributed by atoms with Crippen molar-refractivity contribution in [2.75, 3.05) is 31.1 Å². The second-order valence-corrected chi connectivity index (χ2v) is 3.66. The first-order chi connectivity index (χ1) is 8.06. The van der Waals surface area contributed by atoms with Crippen LogP contribution in [-0.4, -0.2) is 41.8 Å². The average molecular weight is 241 g/mol. The van der Waals surface area contributed by atoms with E-state index >= 15 is 0 Å². The highest BCUT2D eigenvalue weighted by atomic mass is 16.7. The van der Waals surface area contributed by atoms with Gasteiger partial charge in [0.25, 0.3) is 5.95 Å². The van der Waals surface area contributed by atoms with E-state index in [0.717, 1.165) is 0 Å². The summed E-state index contributed by atoms with van der Waals surface area (Å²) in [6, 6.07) is 0.483. The fourth-order valence-corrected chi connectivity index (χ4v) is 1.15. The summed E-state index contributed by atoms with van der Waals surface area (Å²) < 4.78 is 5.02. The lowest BCUT2D eigenvalue weighted by atomic mass is 10.4. The topological polar surface area (TPSA) is 72.4 Å². The molecular formula is C10H19N5O2. The quantitative estimate of drug-likeness (QED) is 0.747. The van der Waals surface area contributed by atoms with Crippen molar-refractivity contribution in [2.24, 2.45) is 0 Å². The molecule has 0 aliphatic rings. The van der Waals surface area contributed by atoms with E-state index in [9.17, 15) is 0 Å². The van der Waals surface area contributed by atoms with Gasteiger partial charge in [0, 0.05) is 13.1 Å². The van der Waals surface area contributed by atoms with Gasteiger partial charge in [-0.3, -0.25) is 4.84 Å². The third-order valence-corrected chi connectivity index (χ3v) is 1.81. The molecule has 1 heterocycles. The maximum atomic E-state index is 5.28. The predicted molar refractivity (Wildman–Crippen MR) is 65.2 cm³/mol. The van der Waals surface area contributed by atoms with Crippen molar-refractivity contribution in [3.63, 3.8) is 0 Å². The molecule has 0 spiro atoms. The number of anilines is 2. The highest BCUT2D eigenvalue weighted by molar-refractivity contribution is 5.36. The summed E-state index contributed by atoms with van der Waals surface area (Å²) in [5, 5.41) is 4.57. The zero-order valence-electron chi connectivity index (χ0n) is 10.9. The molecule has 0 bridgehead atoms. The summed E-state index contributed by atoms with van der Waals surface area (Å²) in [5.41, 5.74) is 0. The van der Waals surface area contributed by atoms with E-state index in [1.807, 2.05) is 20.8 Å². The van der Waals surface area contributed by atoms with Crippen LogP contribution in [0.1, 0.15) is 20.8 Å². The molecule has 1 aromatic heterocycles. The van der Waals surface area contributed by atoms with Crippen molar-refractivity contribution >= 4 is 11.9 Å². The fraction of sp³-hybridized carbons (Fsp3) is 0.700. The van der Waals surface area contributed by atoms with Crippen molar-refractivity contribution in [1.82, 2.24) is 15.0 Å². The Morgan fingerprint density at radius 1 is 1.29 bits per heavy atom. The van der Waals surface area contributed by atoms with Gasteiger partial charge in [0.05, 0.1) is 13.7 Å². The monoisotopic (exact) mass is 241 g/mol. The molecule has 1 rings (SSSR count). The number of nitrogens with zero attached hydrogens (tertiary/aromatic N) is 4. The van der Waals surface area contributed by atoms with Crippen LogP contribution in [0, 0.1) is 0 Å². The highest BCUT2D eigenvalue weighted by Gasteiger charge is 2.11. The van der Waals surface area contributed by atoms with Crippen LogP contribution in [0.4, 0.5) is 11.9 Å². The first-order valence-electron chi connectivity index (χ1n) is 5.50. The van der Waals surface area contributed by atoms with E-state index in [2.05, 4.69) is 20.3 Å². The van der Waals surface area contributed by atoms with E-state index in [1.54, 1.807) is 7.05 Å². The van der Waals surface area contributed by atoms with Gasteiger partial charge in [-0.05, 0) is 20.8 Å². The van der Waals surface area contributed by atoms with Gasteiger partial charge in [-0.1, -0.05) is 0 Å². The summed E-state index contributed by atoms with van der Waals surface area (Å²) in [4.78, 5) is 17.7. The van der Waals surface area contributed by atoms with Crippen LogP contribution < -0.4 is 15.1 Å². The largest absolute Gasteiger partial charge is 0.467 e. The Bertz CT molecular complexity index is 359. The number of nitrogens with one attached hydrogen (secondary N) is 1. The molecule has 0 unspecified atom stereocenters. The van der Waals surface area contributed by atoms with Crippen molar-refractivity contribution < 1.29 is 9.57 Å². The van der Waals surface area contributed by atoms with Crippen LogP contribution >= 0.6 is 0 Å². The minimum Gasteiger partial charge on any atom is -0.467 e. The normalized spacial score (nSPS) is 10.5. The molecule has 0 atom stereocenters. The summed E-state index contributed by atoms with van der Waals surface area (Å²) in [6.45, 7) is 6.43. The number of hydroxylamine groups is 1. The van der Waals surface area contributed by atoms with Crippen molar-refractivity contribution in [3.05, 3.63) is 0 Å². The molecule has 0 saturated carbocycles. The van der Waals surface area contributed by atoms with Crippen LogP contribution in [-0.2, 0) is 4.84 Å². The lowest BCUT2D eigenvalue weighted by Gasteiger charge is -2.17. The van der Waals surface area contributed by atoms with E-state index in [1.165, 1.54) is 12.2 Å². The Balaban J connectivity index is 2.96. The summed E-state index contributed by atoms with van der Waals surface area (Å²) >= 11 is 0. The molecule has 1 N–H and O–H groups in total. The van der Waals surface area contributed by atoms with Crippen LogP contribution in [0.15, 0.2) is 0 Å². The summed E-state index contributed by atoms with van der Waals surface area (Å²) in [5.74, 6) is 0.871. The highest BCUT2D eigenvalue weighted by Crippen LogP contribution is 2.14.